The molecule has 0 amide bonds. The number of halogens is 1. The SMILES string of the molecule is CCCCCCCCCCCCC(C=CCCCCl)c1ccccc1. The summed E-state index contributed by atoms with van der Waals surface area (Å²) >= 11 is 5.78. The van der Waals surface area contributed by atoms with Crippen molar-refractivity contribution in [3.63, 3.8) is 0 Å². The molecule has 142 valence electrons. The standard InChI is InChI=1S/C24H39Cl/c1-2-3-4-5-6-7-8-9-10-13-18-23(21-16-12-17-22-25)24-19-14-11-15-20-24/h11,14-16,19-21,23H,2-10,12-13,17-18,22H2,1H3. The predicted octanol–water partition coefficient (Wildman–Crippen LogP) is 8.66. The Kier molecular flexibility index (Phi) is 14.9. The lowest BCUT2D eigenvalue weighted by atomic mass is 9.92. The van der Waals surface area contributed by atoms with Crippen LogP contribution >= 0.6 is 11.6 Å². The van der Waals surface area contributed by atoms with E-state index in [2.05, 4.69) is 49.4 Å². The lowest BCUT2D eigenvalue weighted by molar-refractivity contribution is 0.542. The molecule has 0 bridgehead atoms. The zero-order valence-electron chi connectivity index (χ0n) is 16.4. The van der Waals surface area contributed by atoms with E-state index >= 15 is 0 Å². The van der Waals surface area contributed by atoms with Crippen molar-refractivity contribution in [2.75, 3.05) is 5.88 Å². The first-order valence-electron chi connectivity index (χ1n) is 10.7. The van der Waals surface area contributed by atoms with Crippen LogP contribution < -0.4 is 0 Å². The summed E-state index contributed by atoms with van der Waals surface area (Å²) in [6.45, 7) is 2.29. The first-order chi connectivity index (χ1) is 12.4. The average molecular weight is 363 g/mol. The zero-order chi connectivity index (χ0) is 18.0. The number of hydrogen-bond acceptors (Lipinski definition) is 0. The fourth-order valence-corrected chi connectivity index (χ4v) is 3.54. The number of allylic oxidation sites excluding steroid dienone is 2. The second kappa shape index (κ2) is 16.7. The molecule has 0 nitrogen and oxygen atoms in total. The molecule has 0 radical (unpaired) electrons. The molecule has 0 saturated carbocycles. The number of alkyl halides is 1. The maximum Gasteiger partial charge on any atom is 0.0226 e. The van der Waals surface area contributed by atoms with Crippen LogP contribution in [0, 0.1) is 0 Å². The van der Waals surface area contributed by atoms with E-state index in [1.54, 1.807) is 0 Å². The largest absolute Gasteiger partial charge is 0.127 e. The second-order valence-electron chi connectivity index (χ2n) is 7.25. The van der Waals surface area contributed by atoms with Crippen LogP contribution in [0.3, 0.4) is 0 Å². The molecule has 0 fully saturated rings. The highest BCUT2D eigenvalue weighted by Gasteiger charge is 2.07. The summed E-state index contributed by atoms with van der Waals surface area (Å²) in [4.78, 5) is 0. The van der Waals surface area contributed by atoms with Gasteiger partial charge in [0.2, 0.25) is 0 Å². The molecule has 1 heteroatoms. The van der Waals surface area contributed by atoms with Crippen molar-refractivity contribution < 1.29 is 0 Å². The van der Waals surface area contributed by atoms with Gasteiger partial charge in [-0.15, -0.1) is 11.6 Å². The average Bonchev–Trinajstić information content (AvgIpc) is 2.65. The van der Waals surface area contributed by atoms with Crippen molar-refractivity contribution in [1.82, 2.24) is 0 Å². The molecule has 25 heavy (non-hydrogen) atoms. The van der Waals surface area contributed by atoms with Crippen molar-refractivity contribution >= 4 is 11.6 Å². The van der Waals surface area contributed by atoms with Gasteiger partial charge in [0, 0.05) is 11.8 Å². The molecule has 1 unspecified atom stereocenters. The number of hydrogen-bond donors (Lipinski definition) is 0. The van der Waals surface area contributed by atoms with Gasteiger partial charge in [-0.2, -0.15) is 0 Å². The summed E-state index contributed by atoms with van der Waals surface area (Å²) in [6.07, 6.45) is 22.3. The third kappa shape index (κ3) is 12.3. The van der Waals surface area contributed by atoms with E-state index in [9.17, 15) is 0 Å². The Labute approximate surface area is 162 Å². The molecule has 0 aliphatic carbocycles. The quantitative estimate of drug-likeness (QED) is 0.157. The van der Waals surface area contributed by atoms with E-state index < -0.39 is 0 Å². The number of rotatable bonds is 16. The Bertz CT molecular complexity index is 409. The number of unbranched alkanes of at least 4 members (excludes halogenated alkanes) is 10. The highest BCUT2D eigenvalue weighted by Crippen LogP contribution is 2.24. The van der Waals surface area contributed by atoms with Gasteiger partial charge in [-0.25, -0.2) is 0 Å². The normalized spacial score (nSPS) is 12.7. The van der Waals surface area contributed by atoms with Crippen LogP contribution in [0.4, 0.5) is 0 Å². The molecule has 0 N–H and O–H groups in total. The van der Waals surface area contributed by atoms with Crippen molar-refractivity contribution in [3.05, 3.63) is 48.0 Å². The summed E-state index contributed by atoms with van der Waals surface area (Å²) in [5.74, 6) is 1.34. The minimum atomic E-state index is 0.575. The lowest BCUT2D eigenvalue weighted by Crippen LogP contribution is -1.95. The highest BCUT2D eigenvalue weighted by atomic mass is 35.5. The maximum atomic E-state index is 5.78. The third-order valence-electron chi connectivity index (χ3n) is 4.97. The van der Waals surface area contributed by atoms with Gasteiger partial charge in [-0.1, -0.05) is 114 Å². The van der Waals surface area contributed by atoms with Crippen LogP contribution in [-0.2, 0) is 0 Å². The predicted molar refractivity (Wildman–Crippen MR) is 115 cm³/mol. The van der Waals surface area contributed by atoms with Gasteiger partial charge in [0.25, 0.3) is 0 Å². The van der Waals surface area contributed by atoms with Gasteiger partial charge < -0.3 is 0 Å². The lowest BCUT2D eigenvalue weighted by Gasteiger charge is -2.13. The second-order valence-corrected chi connectivity index (χ2v) is 7.63. The van der Waals surface area contributed by atoms with Gasteiger partial charge in [-0.05, 0) is 24.8 Å². The fourth-order valence-electron chi connectivity index (χ4n) is 3.38. The summed E-state index contributed by atoms with van der Waals surface area (Å²) in [6, 6.07) is 11.0. The Hall–Kier alpha value is -0.750. The molecule has 1 aromatic rings. The van der Waals surface area contributed by atoms with Crippen LogP contribution in [0.15, 0.2) is 42.5 Å². The first-order valence-corrected chi connectivity index (χ1v) is 11.2. The van der Waals surface area contributed by atoms with E-state index in [1.165, 1.54) is 76.2 Å². The third-order valence-corrected chi connectivity index (χ3v) is 5.24. The van der Waals surface area contributed by atoms with Crippen molar-refractivity contribution in [3.8, 4) is 0 Å². The van der Waals surface area contributed by atoms with Crippen LogP contribution in [0.2, 0.25) is 0 Å². The van der Waals surface area contributed by atoms with Gasteiger partial charge >= 0.3 is 0 Å². The van der Waals surface area contributed by atoms with Crippen molar-refractivity contribution in [1.29, 1.82) is 0 Å². The fraction of sp³-hybridized carbons (Fsp3) is 0.667. The van der Waals surface area contributed by atoms with Gasteiger partial charge in [0.15, 0.2) is 0 Å². The van der Waals surface area contributed by atoms with Gasteiger partial charge in [0.1, 0.15) is 0 Å². The minimum absolute atomic E-state index is 0.575. The van der Waals surface area contributed by atoms with Crippen molar-refractivity contribution in [2.24, 2.45) is 0 Å². The molecule has 1 aromatic carbocycles. The molecule has 0 saturated heterocycles. The Morgan fingerprint density at radius 2 is 1.40 bits per heavy atom. The topological polar surface area (TPSA) is 0 Å². The molecule has 0 aromatic heterocycles. The highest BCUT2D eigenvalue weighted by molar-refractivity contribution is 6.17. The summed E-state index contributed by atoms with van der Waals surface area (Å²) in [5, 5.41) is 0. The Morgan fingerprint density at radius 3 is 2.00 bits per heavy atom. The molecule has 0 heterocycles. The molecular weight excluding hydrogens is 324 g/mol. The maximum absolute atomic E-state index is 5.78. The number of benzene rings is 1. The first kappa shape index (κ1) is 22.3. The van der Waals surface area contributed by atoms with Gasteiger partial charge in [0.05, 0.1) is 0 Å². The molecular formula is C24H39Cl. The van der Waals surface area contributed by atoms with Crippen LogP contribution in [0.5, 0.6) is 0 Å². The van der Waals surface area contributed by atoms with Crippen molar-refractivity contribution in [2.45, 2.75) is 96.3 Å². The molecule has 0 aliphatic heterocycles. The molecule has 0 aliphatic rings. The summed E-state index contributed by atoms with van der Waals surface area (Å²) in [5.41, 5.74) is 1.46. The minimum Gasteiger partial charge on any atom is -0.127 e. The van der Waals surface area contributed by atoms with Crippen LogP contribution in [0.25, 0.3) is 0 Å². The molecule has 1 atom stereocenters. The van der Waals surface area contributed by atoms with E-state index in [-0.39, 0.29) is 0 Å². The summed E-state index contributed by atoms with van der Waals surface area (Å²) < 4.78 is 0. The van der Waals surface area contributed by atoms with Crippen LogP contribution in [-0.4, -0.2) is 5.88 Å². The molecule has 1 rings (SSSR count). The van der Waals surface area contributed by atoms with E-state index in [1.807, 2.05) is 0 Å². The Morgan fingerprint density at radius 1 is 0.800 bits per heavy atom. The van der Waals surface area contributed by atoms with E-state index in [0.29, 0.717) is 5.92 Å². The summed E-state index contributed by atoms with van der Waals surface area (Å²) in [7, 11) is 0. The Balaban J connectivity index is 2.19. The zero-order valence-corrected chi connectivity index (χ0v) is 17.2. The molecule has 0 spiro atoms. The van der Waals surface area contributed by atoms with Crippen LogP contribution in [0.1, 0.15) is 102 Å². The van der Waals surface area contributed by atoms with Gasteiger partial charge in [-0.3, -0.25) is 0 Å². The van der Waals surface area contributed by atoms with E-state index in [4.69, 9.17) is 11.6 Å². The van der Waals surface area contributed by atoms with E-state index in [0.717, 1.165) is 18.7 Å². The smallest absolute Gasteiger partial charge is 0.0226 e. The monoisotopic (exact) mass is 362 g/mol.